The topological polar surface area (TPSA) is 20.2 Å². The summed E-state index contributed by atoms with van der Waals surface area (Å²) in [5, 5.41) is 9.85. The Morgan fingerprint density at radius 3 is 2.62 bits per heavy atom. The maximum absolute atomic E-state index is 9.85. The van der Waals surface area contributed by atoms with Crippen LogP contribution in [0.15, 0.2) is 12.2 Å². The van der Waals surface area contributed by atoms with Crippen molar-refractivity contribution in [1.29, 1.82) is 0 Å². The van der Waals surface area contributed by atoms with Gasteiger partial charge >= 0.3 is 0 Å². The second kappa shape index (κ2) is 5.43. The van der Waals surface area contributed by atoms with E-state index < -0.39 is 0 Å². The molecule has 0 aliphatic heterocycles. The second-order valence-corrected chi connectivity index (χ2v) is 4.25. The van der Waals surface area contributed by atoms with Gasteiger partial charge in [-0.05, 0) is 38.0 Å². The van der Waals surface area contributed by atoms with Crippen LogP contribution < -0.4 is 0 Å². The number of aliphatic hydroxyl groups excluding tert-OH is 1. The molecule has 1 N–H and O–H groups in total. The predicted octanol–water partition coefficient (Wildman–Crippen LogP) is 3.28. The first-order valence-electron chi connectivity index (χ1n) is 5.58. The first-order chi connectivity index (χ1) is 6.24. The Kier molecular flexibility index (Phi) is 4.51. The Balaban J connectivity index is 2.16. The average molecular weight is 182 g/mol. The Bertz CT molecular complexity index is 157. The van der Waals surface area contributed by atoms with Gasteiger partial charge in [-0.15, -0.1) is 0 Å². The Morgan fingerprint density at radius 2 is 2.08 bits per heavy atom. The first-order valence-corrected chi connectivity index (χ1v) is 5.58. The Morgan fingerprint density at radius 1 is 1.46 bits per heavy atom. The fourth-order valence-electron chi connectivity index (χ4n) is 2.11. The number of aliphatic hydroxyl groups is 1. The lowest BCUT2D eigenvalue weighted by atomic mass is 9.95. The van der Waals surface area contributed by atoms with Crippen LogP contribution in [0.2, 0.25) is 0 Å². The molecule has 0 saturated heterocycles. The van der Waals surface area contributed by atoms with Crippen LogP contribution in [0.5, 0.6) is 0 Å². The molecule has 1 heteroatoms. The van der Waals surface area contributed by atoms with Crippen molar-refractivity contribution in [2.45, 2.75) is 58.0 Å². The van der Waals surface area contributed by atoms with Crippen molar-refractivity contribution in [1.82, 2.24) is 0 Å². The van der Waals surface area contributed by atoms with Crippen molar-refractivity contribution in [3.63, 3.8) is 0 Å². The molecule has 0 amide bonds. The smallest absolute Gasteiger partial charge is 0.0571 e. The molecule has 1 atom stereocenters. The average Bonchev–Trinajstić information content (AvgIpc) is 2.66. The minimum atomic E-state index is -0.0641. The highest BCUT2D eigenvalue weighted by Crippen LogP contribution is 2.29. The van der Waals surface area contributed by atoms with Crippen LogP contribution >= 0.6 is 0 Å². The van der Waals surface area contributed by atoms with Crippen molar-refractivity contribution in [3.05, 3.63) is 12.2 Å². The summed E-state index contributed by atoms with van der Waals surface area (Å²) in [6.45, 7) is 6.09. The van der Waals surface area contributed by atoms with E-state index >= 15 is 0 Å². The minimum Gasteiger partial charge on any atom is -0.393 e. The van der Waals surface area contributed by atoms with Crippen LogP contribution in [-0.4, -0.2) is 11.2 Å². The van der Waals surface area contributed by atoms with E-state index in [2.05, 4.69) is 13.5 Å². The van der Waals surface area contributed by atoms with Crippen molar-refractivity contribution in [2.24, 2.45) is 5.92 Å². The van der Waals surface area contributed by atoms with Gasteiger partial charge in [-0.1, -0.05) is 31.9 Å². The number of rotatable bonds is 5. The molecule has 0 bridgehead atoms. The van der Waals surface area contributed by atoms with Crippen LogP contribution in [0, 0.1) is 5.92 Å². The van der Waals surface area contributed by atoms with Gasteiger partial charge in [-0.25, -0.2) is 0 Å². The van der Waals surface area contributed by atoms with E-state index in [1.54, 1.807) is 0 Å². The highest BCUT2D eigenvalue weighted by Gasteiger charge is 2.22. The highest BCUT2D eigenvalue weighted by atomic mass is 16.3. The summed E-state index contributed by atoms with van der Waals surface area (Å²) in [6.07, 6.45) is 8.03. The summed E-state index contributed by atoms with van der Waals surface area (Å²) >= 11 is 0. The quantitative estimate of drug-likeness (QED) is 0.647. The monoisotopic (exact) mass is 182 g/mol. The van der Waals surface area contributed by atoms with Gasteiger partial charge in [0.05, 0.1) is 6.10 Å². The molecule has 1 rings (SSSR count). The third-order valence-corrected chi connectivity index (χ3v) is 3.24. The normalized spacial score (nSPS) is 20.5. The zero-order valence-electron chi connectivity index (χ0n) is 8.76. The van der Waals surface area contributed by atoms with Crippen LogP contribution in [0.3, 0.4) is 0 Å². The third-order valence-electron chi connectivity index (χ3n) is 3.24. The Labute approximate surface area is 81.9 Å². The molecule has 0 aromatic rings. The molecule has 1 unspecified atom stereocenters. The van der Waals surface area contributed by atoms with Crippen molar-refractivity contribution in [2.75, 3.05) is 0 Å². The number of hydrogen-bond donors (Lipinski definition) is 1. The number of hydrogen-bond acceptors (Lipinski definition) is 1. The molecule has 0 heterocycles. The standard InChI is InChI=1S/C12H22O/c1-3-10(2)8-9-12(13)11-6-4-5-7-11/h11-13H,2-9H2,1H3. The maximum Gasteiger partial charge on any atom is 0.0571 e. The lowest BCUT2D eigenvalue weighted by Gasteiger charge is -2.17. The lowest BCUT2D eigenvalue weighted by molar-refractivity contribution is 0.102. The maximum atomic E-state index is 9.85. The highest BCUT2D eigenvalue weighted by molar-refractivity contribution is 4.93. The molecule has 1 nitrogen and oxygen atoms in total. The van der Waals surface area contributed by atoms with Crippen LogP contribution in [-0.2, 0) is 0 Å². The molecule has 1 saturated carbocycles. The van der Waals surface area contributed by atoms with Crippen molar-refractivity contribution >= 4 is 0 Å². The van der Waals surface area contributed by atoms with Crippen LogP contribution in [0.4, 0.5) is 0 Å². The SMILES string of the molecule is C=C(CC)CCC(O)C1CCCC1. The molecular weight excluding hydrogens is 160 g/mol. The summed E-state index contributed by atoms with van der Waals surface area (Å²) < 4.78 is 0. The van der Waals surface area contributed by atoms with Crippen LogP contribution in [0.1, 0.15) is 51.9 Å². The lowest BCUT2D eigenvalue weighted by Crippen LogP contribution is -2.17. The van der Waals surface area contributed by atoms with Gasteiger partial charge in [-0.2, -0.15) is 0 Å². The zero-order chi connectivity index (χ0) is 9.68. The zero-order valence-corrected chi connectivity index (χ0v) is 8.76. The molecule has 1 fully saturated rings. The van der Waals surface area contributed by atoms with Gasteiger partial charge in [0.25, 0.3) is 0 Å². The summed E-state index contributed by atoms with van der Waals surface area (Å²) in [4.78, 5) is 0. The summed E-state index contributed by atoms with van der Waals surface area (Å²) in [7, 11) is 0. The van der Waals surface area contributed by atoms with Crippen molar-refractivity contribution in [3.8, 4) is 0 Å². The molecule has 0 aromatic carbocycles. The van der Waals surface area contributed by atoms with E-state index in [9.17, 15) is 5.11 Å². The molecule has 0 aromatic heterocycles. The fourth-order valence-corrected chi connectivity index (χ4v) is 2.11. The molecule has 0 radical (unpaired) electrons. The van der Waals surface area contributed by atoms with Crippen molar-refractivity contribution < 1.29 is 5.11 Å². The van der Waals surface area contributed by atoms with E-state index in [4.69, 9.17) is 0 Å². The second-order valence-electron chi connectivity index (χ2n) is 4.25. The summed E-state index contributed by atoms with van der Waals surface area (Å²) in [6, 6.07) is 0. The minimum absolute atomic E-state index is 0.0641. The fraction of sp³-hybridized carbons (Fsp3) is 0.833. The van der Waals surface area contributed by atoms with Gasteiger partial charge in [0.15, 0.2) is 0 Å². The predicted molar refractivity (Wildman–Crippen MR) is 56.6 cm³/mol. The molecular formula is C12H22O. The first kappa shape index (κ1) is 10.8. The molecule has 76 valence electrons. The van der Waals surface area contributed by atoms with Gasteiger partial charge in [0, 0.05) is 0 Å². The van der Waals surface area contributed by atoms with E-state index in [0.717, 1.165) is 19.3 Å². The largest absolute Gasteiger partial charge is 0.393 e. The molecule has 1 aliphatic carbocycles. The van der Waals surface area contributed by atoms with Gasteiger partial charge in [-0.3, -0.25) is 0 Å². The van der Waals surface area contributed by atoms with E-state index in [-0.39, 0.29) is 6.10 Å². The van der Waals surface area contributed by atoms with E-state index in [0.29, 0.717) is 5.92 Å². The summed E-state index contributed by atoms with van der Waals surface area (Å²) in [5.74, 6) is 0.588. The molecule has 1 aliphatic rings. The van der Waals surface area contributed by atoms with Gasteiger partial charge in [0.1, 0.15) is 0 Å². The van der Waals surface area contributed by atoms with E-state index in [1.165, 1.54) is 31.3 Å². The number of allylic oxidation sites excluding steroid dienone is 1. The van der Waals surface area contributed by atoms with Gasteiger partial charge < -0.3 is 5.11 Å². The Hall–Kier alpha value is -0.300. The summed E-state index contributed by atoms with van der Waals surface area (Å²) in [5.41, 5.74) is 1.28. The van der Waals surface area contributed by atoms with E-state index in [1.807, 2.05) is 0 Å². The van der Waals surface area contributed by atoms with Gasteiger partial charge in [0.2, 0.25) is 0 Å². The van der Waals surface area contributed by atoms with Crippen LogP contribution in [0.25, 0.3) is 0 Å². The third kappa shape index (κ3) is 3.51. The molecule has 13 heavy (non-hydrogen) atoms. The molecule has 0 spiro atoms.